The molecule has 0 aromatic heterocycles. The van der Waals surface area contributed by atoms with Crippen molar-refractivity contribution in [3.05, 3.63) is 11.1 Å². The third kappa shape index (κ3) is 2.84. The van der Waals surface area contributed by atoms with E-state index in [9.17, 15) is 0 Å². The Bertz CT molecular complexity index is 193. The molecule has 0 saturated heterocycles. The van der Waals surface area contributed by atoms with Crippen LogP contribution in [0.1, 0.15) is 47.0 Å². The van der Waals surface area contributed by atoms with E-state index in [-0.39, 0.29) is 0 Å². The summed E-state index contributed by atoms with van der Waals surface area (Å²) in [5.41, 5.74) is 3.19. The Balaban J connectivity index is 2.54. The standard InChI is InChI=1S/C12H23N/c1-5-9(2)8-12-11(4)10(3)6-7-13-12/h9,12-13H,5-8H2,1-4H3. The van der Waals surface area contributed by atoms with Crippen molar-refractivity contribution >= 4 is 0 Å². The molecule has 1 nitrogen and oxygen atoms in total. The largest absolute Gasteiger partial charge is 0.310 e. The number of nitrogens with one attached hydrogen (secondary N) is 1. The van der Waals surface area contributed by atoms with Crippen LogP contribution in [0, 0.1) is 5.92 Å². The summed E-state index contributed by atoms with van der Waals surface area (Å²) in [6.45, 7) is 10.4. The molecule has 2 unspecified atom stereocenters. The summed E-state index contributed by atoms with van der Waals surface area (Å²) in [6.07, 6.45) is 3.84. The Hall–Kier alpha value is -0.300. The highest BCUT2D eigenvalue weighted by atomic mass is 14.9. The second kappa shape index (κ2) is 4.80. The van der Waals surface area contributed by atoms with Gasteiger partial charge in [0.2, 0.25) is 0 Å². The van der Waals surface area contributed by atoms with Crippen molar-refractivity contribution in [3.8, 4) is 0 Å². The molecule has 0 aliphatic carbocycles. The van der Waals surface area contributed by atoms with Crippen LogP contribution >= 0.6 is 0 Å². The molecule has 0 fully saturated rings. The van der Waals surface area contributed by atoms with Gasteiger partial charge in [0.1, 0.15) is 0 Å². The summed E-state index contributed by atoms with van der Waals surface area (Å²) in [5, 5.41) is 3.61. The summed E-state index contributed by atoms with van der Waals surface area (Å²) < 4.78 is 0. The summed E-state index contributed by atoms with van der Waals surface area (Å²) in [6, 6.07) is 0.656. The fraction of sp³-hybridized carbons (Fsp3) is 0.833. The molecule has 1 aliphatic heterocycles. The predicted molar refractivity (Wildman–Crippen MR) is 58.9 cm³/mol. The van der Waals surface area contributed by atoms with Crippen LogP contribution in [0.5, 0.6) is 0 Å². The first-order chi connectivity index (χ1) is 6.15. The van der Waals surface area contributed by atoms with Gasteiger partial charge in [-0.25, -0.2) is 0 Å². The molecule has 1 heterocycles. The maximum atomic E-state index is 3.61. The Morgan fingerprint density at radius 3 is 2.77 bits per heavy atom. The molecule has 0 spiro atoms. The fourth-order valence-electron chi connectivity index (χ4n) is 1.91. The van der Waals surface area contributed by atoms with Gasteiger partial charge in [-0.15, -0.1) is 0 Å². The molecule has 2 atom stereocenters. The van der Waals surface area contributed by atoms with Crippen LogP contribution in [-0.2, 0) is 0 Å². The zero-order chi connectivity index (χ0) is 9.84. The maximum absolute atomic E-state index is 3.61. The van der Waals surface area contributed by atoms with Crippen molar-refractivity contribution in [2.75, 3.05) is 6.54 Å². The lowest BCUT2D eigenvalue weighted by molar-refractivity contribution is 0.413. The third-order valence-electron chi connectivity index (χ3n) is 3.42. The van der Waals surface area contributed by atoms with E-state index >= 15 is 0 Å². The smallest absolute Gasteiger partial charge is 0.0281 e. The van der Waals surface area contributed by atoms with Gasteiger partial charge in [0.05, 0.1) is 0 Å². The van der Waals surface area contributed by atoms with Crippen molar-refractivity contribution in [1.82, 2.24) is 5.32 Å². The van der Waals surface area contributed by atoms with E-state index in [1.54, 1.807) is 11.1 Å². The minimum Gasteiger partial charge on any atom is -0.310 e. The maximum Gasteiger partial charge on any atom is 0.0281 e. The zero-order valence-electron chi connectivity index (χ0n) is 9.48. The van der Waals surface area contributed by atoms with Gasteiger partial charge in [-0.1, -0.05) is 31.4 Å². The highest BCUT2D eigenvalue weighted by Crippen LogP contribution is 2.22. The summed E-state index contributed by atoms with van der Waals surface area (Å²) >= 11 is 0. The van der Waals surface area contributed by atoms with Crippen LogP contribution in [0.2, 0.25) is 0 Å². The molecule has 0 aromatic carbocycles. The first-order valence-corrected chi connectivity index (χ1v) is 5.54. The molecule has 1 N–H and O–H groups in total. The molecule has 0 radical (unpaired) electrons. The van der Waals surface area contributed by atoms with E-state index in [0.29, 0.717) is 6.04 Å². The number of hydrogen-bond donors (Lipinski definition) is 1. The lowest BCUT2D eigenvalue weighted by Crippen LogP contribution is -2.36. The molecule has 13 heavy (non-hydrogen) atoms. The topological polar surface area (TPSA) is 12.0 Å². The van der Waals surface area contributed by atoms with E-state index in [1.807, 2.05) is 0 Å². The second-order valence-corrected chi connectivity index (χ2v) is 4.47. The monoisotopic (exact) mass is 181 g/mol. The summed E-state index contributed by atoms with van der Waals surface area (Å²) in [5.74, 6) is 0.846. The molecule has 0 amide bonds. The Kier molecular flexibility index (Phi) is 3.98. The van der Waals surface area contributed by atoms with Gasteiger partial charge in [-0.05, 0) is 39.2 Å². The Morgan fingerprint density at radius 1 is 1.46 bits per heavy atom. The molecule has 1 heteroatoms. The molecular weight excluding hydrogens is 158 g/mol. The Labute approximate surface area is 82.6 Å². The molecular formula is C12H23N. The molecule has 0 aromatic rings. The van der Waals surface area contributed by atoms with Gasteiger partial charge in [0, 0.05) is 6.04 Å². The number of hydrogen-bond acceptors (Lipinski definition) is 1. The average Bonchev–Trinajstić information content (AvgIpc) is 2.13. The highest BCUT2D eigenvalue weighted by Gasteiger charge is 2.18. The van der Waals surface area contributed by atoms with Gasteiger partial charge in [-0.3, -0.25) is 0 Å². The van der Waals surface area contributed by atoms with E-state index in [2.05, 4.69) is 33.0 Å². The summed E-state index contributed by atoms with van der Waals surface area (Å²) in [4.78, 5) is 0. The van der Waals surface area contributed by atoms with Crippen molar-refractivity contribution in [3.63, 3.8) is 0 Å². The molecule has 1 rings (SSSR count). The van der Waals surface area contributed by atoms with E-state index in [1.165, 1.54) is 25.8 Å². The second-order valence-electron chi connectivity index (χ2n) is 4.47. The van der Waals surface area contributed by atoms with Crippen LogP contribution in [0.15, 0.2) is 11.1 Å². The van der Waals surface area contributed by atoms with Crippen LogP contribution in [0.3, 0.4) is 0 Å². The van der Waals surface area contributed by atoms with E-state index in [0.717, 1.165) is 5.92 Å². The lowest BCUT2D eigenvalue weighted by atomic mass is 9.89. The molecule has 0 bridgehead atoms. The normalized spacial score (nSPS) is 26.3. The van der Waals surface area contributed by atoms with Gasteiger partial charge in [0.15, 0.2) is 0 Å². The van der Waals surface area contributed by atoms with Gasteiger partial charge >= 0.3 is 0 Å². The minimum atomic E-state index is 0.656. The molecule has 1 aliphatic rings. The van der Waals surface area contributed by atoms with Crippen molar-refractivity contribution in [1.29, 1.82) is 0 Å². The third-order valence-corrected chi connectivity index (χ3v) is 3.42. The quantitative estimate of drug-likeness (QED) is 0.660. The van der Waals surface area contributed by atoms with E-state index in [4.69, 9.17) is 0 Å². The number of rotatable bonds is 3. The van der Waals surface area contributed by atoms with Gasteiger partial charge in [0.25, 0.3) is 0 Å². The molecule has 0 saturated carbocycles. The van der Waals surface area contributed by atoms with Crippen LogP contribution in [-0.4, -0.2) is 12.6 Å². The van der Waals surface area contributed by atoms with E-state index < -0.39 is 0 Å². The average molecular weight is 181 g/mol. The van der Waals surface area contributed by atoms with Gasteiger partial charge < -0.3 is 5.32 Å². The van der Waals surface area contributed by atoms with Crippen LogP contribution in [0.4, 0.5) is 0 Å². The van der Waals surface area contributed by atoms with Gasteiger partial charge in [-0.2, -0.15) is 0 Å². The highest BCUT2D eigenvalue weighted by molar-refractivity contribution is 5.19. The van der Waals surface area contributed by atoms with Crippen LogP contribution in [0.25, 0.3) is 0 Å². The zero-order valence-corrected chi connectivity index (χ0v) is 9.48. The fourth-order valence-corrected chi connectivity index (χ4v) is 1.91. The van der Waals surface area contributed by atoms with Crippen molar-refractivity contribution in [2.45, 2.75) is 53.0 Å². The SMILES string of the molecule is CCC(C)CC1NCCC(C)=C1C. The lowest BCUT2D eigenvalue weighted by Gasteiger charge is -2.28. The predicted octanol–water partition coefficient (Wildman–Crippen LogP) is 3.12. The Morgan fingerprint density at radius 2 is 2.15 bits per heavy atom. The minimum absolute atomic E-state index is 0.656. The van der Waals surface area contributed by atoms with Crippen molar-refractivity contribution < 1.29 is 0 Å². The molecule has 76 valence electrons. The van der Waals surface area contributed by atoms with Crippen LogP contribution < -0.4 is 5.32 Å². The van der Waals surface area contributed by atoms with Crippen molar-refractivity contribution in [2.24, 2.45) is 5.92 Å². The first kappa shape index (κ1) is 10.8. The first-order valence-electron chi connectivity index (χ1n) is 5.54. The summed E-state index contributed by atoms with van der Waals surface area (Å²) in [7, 11) is 0.